The maximum absolute atomic E-state index is 12.1. The number of hydrogen-bond donors (Lipinski definition) is 4. The van der Waals surface area contributed by atoms with Crippen LogP contribution >= 0.6 is 11.6 Å². The number of carbonyl (C=O) groups is 1. The average Bonchev–Trinajstić information content (AvgIpc) is 2.47. The van der Waals surface area contributed by atoms with Crippen LogP contribution in [0.1, 0.15) is 10.4 Å². The van der Waals surface area contributed by atoms with Crippen molar-refractivity contribution in [2.75, 3.05) is 5.32 Å². The summed E-state index contributed by atoms with van der Waals surface area (Å²) < 4.78 is 0. The molecule has 0 atom stereocenters. The fourth-order valence-corrected chi connectivity index (χ4v) is 1.94. The van der Waals surface area contributed by atoms with E-state index in [-0.39, 0.29) is 17.8 Å². The fraction of sp³-hybridized carbons (Fsp3) is 0. The highest BCUT2D eigenvalue weighted by Gasteiger charge is 2.06. The molecule has 2 rings (SSSR count). The minimum atomic E-state index is -0.264. The molecule has 7 nitrogen and oxygen atoms in total. The van der Waals surface area contributed by atoms with Crippen LogP contribution in [0.25, 0.3) is 0 Å². The van der Waals surface area contributed by atoms with Crippen LogP contribution in [0.15, 0.2) is 58.5 Å². The number of guanidine groups is 2. The lowest BCUT2D eigenvalue weighted by atomic mass is 10.2. The van der Waals surface area contributed by atoms with Gasteiger partial charge in [-0.25, -0.2) is 4.99 Å². The first kappa shape index (κ1) is 16.3. The Labute approximate surface area is 137 Å². The molecule has 7 N–H and O–H groups in total. The summed E-state index contributed by atoms with van der Waals surface area (Å²) >= 11 is 5.87. The maximum atomic E-state index is 12.1. The van der Waals surface area contributed by atoms with E-state index in [1.807, 2.05) is 0 Å². The molecule has 0 aliphatic carbocycles. The number of benzene rings is 2. The zero-order chi connectivity index (χ0) is 16.8. The van der Waals surface area contributed by atoms with E-state index in [1.165, 1.54) is 0 Å². The van der Waals surface area contributed by atoms with Gasteiger partial charge < -0.3 is 22.5 Å². The quantitative estimate of drug-likeness (QED) is 0.504. The van der Waals surface area contributed by atoms with Crippen molar-refractivity contribution in [3.63, 3.8) is 0 Å². The number of hydrogen-bond acceptors (Lipinski definition) is 2. The summed E-state index contributed by atoms with van der Waals surface area (Å²) in [5, 5.41) is 3.29. The standard InChI is InChI=1S/C15H15ClN6O/c16-10-2-1-3-12(8-10)20-13(23)9-4-6-11(7-5-9)21-15(19)22-14(17)18/h1-8H,(H,20,23)(H6,17,18,19,21,22). The second-order valence-corrected chi connectivity index (χ2v) is 4.95. The zero-order valence-corrected chi connectivity index (χ0v) is 12.8. The molecule has 23 heavy (non-hydrogen) atoms. The van der Waals surface area contributed by atoms with Gasteiger partial charge in [0.2, 0.25) is 5.96 Å². The van der Waals surface area contributed by atoms with Gasteiger partial charge in [0.15, 0.2) is 5.96 Å². The first-order valence-corrected chi connectivity index (χ1v) is 6.92. The molecule has 0 aliphatic rings. The molecule has 1 amide bonds. The predicted octanol–water partition coefficient (Wildman–Crippen LogP) is 1.81. The van der Waals surface area contributed by atoms with E-state index in [2.05, 4.69) is 15.3 Å². The third-order valence-corrected chi connectivity index (χ3v) is 2.93. The second-order valence-electron chi connectivity index (χ2n) is 4.52. The highest BCUT2D eigenvalue weighted by atomic mass is 35.5. The summed E-state index contributed by atoms with van der Waals surface area (Å²) in [5.41, 5.74) is 17.5. The van der Waals surface area contributed by atoms with E-state index >= 15 is 0 Å². The summed E-state index contributed by atoms with van der Waals surface area (Å²) in [6.07, 6.45) is 0. The van der Waals surface area contributed by atoms with E-state index in [0.29, 0.717) is 22.0 Å². The molecule has 118 valence electrons. The van der Waals surface area contributed by atoms with Gasteiger partial charge in [0.1, 0.15) is 0 Å². The Bertz CT molecular complexity index is 766. The maximum Gasteiger partial charge on any atom is 0.255 e. The second kappa shape index (κ2) is 7.28. The first-order chi connectivity index (χ1) is 10.9. The van der Waals surface area contributed by atoms with Crippen LogP contribution in [-0.4, -0.2) is 17.8 Å². The number of carbonyl (C=O) groups excluding carboxylic acids is 1. The number of nitrogens with two attached hydrogens (primary N) is 3. The Kier molecular flexibility index (Phi) is 5.16. The number of nitrogens with zero attached hydrogens (tertiary/aromatic N) is 2. The molecule has 8 heteroatoms. The molecule has 0 spiro atoms. The number of anilines is 1. The topological polar surface area (TPSA) is 132 Å². The molecule has 0 bridgehead atoms. The SMILES string of the molecule is NC(N)=NC(N)=Nc1ccc(C(=O)Nc2cccc(Cl)c2)cc1. The molecule has 0 fully saturated rings. The van der Waals surface area contributed by atoms with E-state index in [0.717, 1.165) is 0 Å². The molecule has 0 heterocycles. The monoisotopic (exact) mass is 330 g/mol. The third kappa shape index (κ3) is 5.01. The van der Waals surface area contributed by atoms with E-state index in [1.54, 1.807) is 48.5 Å². The van der Waals surface area contributed by atoms with Crippen LogP contribution in [0, 0.1) is 0 Å². The Hall–Kier alpha value is -3.06. The Balaban J connectivity index is 2.10. The molecular formula is C15H15ClN6O. The Morgan fingerprint density at radius 2 is 1.74 bits per heavy atom. The lowest BCUT2D eigenvalue weighted by Crippen LogP contribution is -2.26. The van der Waals surface area contributed by atoms with Gasteiger partial charge in [0.05, 0.1) is 5.69 Å². The molecule has 0 saturated carbocycles. The summed E-state index contributed by atoms with van der Waals surface area (Å²) in [7, 11) is 0. The fourth-order valence-electron chi connectivity index (χ4n) is 1.75. The molecule has 0 aliphatic heterocycles. The summed E-state index contributed by atoms with van der Waals surface area (Å²) in [4.78, 5) is 19.7. The number of amides is 1. The van der Waals surface area contributed by atoms with Crippen LogP contribution in [0.5, 0.6) is 0 Å². The van der Waals surface area contributed by atoms with Crippen molar-refractivity contribution in [1.29, 1.82) is 0 Å². The lowest BCUT2D eigenvalue weighted by Gasteiger charge is -2.06. The smallest absolute Gasteiger partial charge is 0.255 e. The lowest BCUT2D eigenvalue weighted by molar-refractivity contribution is 0.102. The average molecular weight is 331 g/mol. The van der Waals surface area contributed by atoms with Crippen LogP contribution in [0.2, 0.25) is 5.02 Å². The van der Waals surface area contributed by atoms with Crippen molar-refractivity contribution >= 4 is 40.8 Å². The van der Waals surface area contributed by atoms with E-state index in [9.17, 15) is 4.79 Å². The molecular weight excluding hydrogens is 316 g/mol. The molecule has 2 aromatic carbocycles. The van der Waals surface area contributed by atoms with Crippen molar-refractivity contribution in [2.45, 2.75) is 0 Å². The van der Waals surface area contributed by atoms with Crippen molar-refractivity contribution in [1.82, 2.24) is 0 Å². The molecule has 0 saturated heterocycles. The van der Waals surface area contributed by atoms with Gasteiger partial charge >= 0.3 is 0 Å². The van der Waals surface area contributed by atoms with Crippen molar-refractivity contribution in [2.24, 2.45) is 27.2 Å². The van der Waals surface area contributed by atoms with E-state index < -0.39 is 0 Å². The minimum Gasteiger partial charge on any atom is -0.370 e. The predicted molar refractivity (Wildman–Crippen MR) is 92.9 cm³/mol. The van der Waals surface area contributed by atoms with Crippen molar-refractivity contribution in [3.8, 4) is 0 Å². The largest absolute Gasteiger partial charge is 0.370 e. The highest BCUT2D eigenvalue weighted by Crippen LogP contribution is 2.17. The summed E-state index contributed by atoms with van der Waals surface area (Å²) in [6.45, 7) is 0. The molecule has 0 unspecified atom stereocenters. The van der Waals surface area contributed by atoms with Crippen LogP contribution < -0.4 is 22.5 Å². The molecule has 2 aromatic rings. The Morgan fingerprint density at radius 1 is 1.04 bits per heavy atom. The number of aliphatic imine (C=N–C) groups is 2. The number of rotatable bonds is 3. The van der Waals surface area contributed by atoms with Gasteiger partial charge in [-0.2, -0.15) is 4.99 Å². The molecule has 0 aromatic heterocycles. The van der Waals surface area contributed by atoms with Crippen molar-refractivity contribution < 1.29 is 4.79 Å². The third-order valence-electron chi connectivity index (χ3n) is 2.70. The van der Waals surface area contributed by atoms with Gasteiger partial charge in [-0.05, 0) is 42.5 Å². The van der Waals surface area contributed by atoms with E-state index in [4.69, 9.17) is 28.8 Å². The van der Waals surface area contributed by atoms with Gasteiger partial charge in [0.25, 0.3) is 5.91 Å². The van der Waals surface area contributed by atoms with Crippen LogP contribution in [0.4, 0.5) is 11.4 Å². The zero-order valence-electron chi connectivity index (χ0n) is 12.0. The molecule has 0 radical (unpaired) electrons. The van der Waals surface area contributed by atoms with Crippen molar-refractivity contribution in [3.05, 3.63) is 59.1 Å². The van der Waals surface area contributed by atoms with Gasteiger partial charge in [0, 0.05) is 16.3 Å². The van der Waals surface area contributed by atoms with Gasteiger partial charge in [-0.3, -0.25) is 4.79 Å². The normalized spacial score (nSPS) is 10.9. The first-order valence-electron chi connectivity index (χ1n) is 6.55. The number of halogens is 1. The summed E-state index contributed by atoms with van der Waals surface area (Å²) in [5.74, 6) is -0.509. The highest BCUT2D eigenvalue weighted by molar-refractivity contribution is 6.31. The minimum absolute atomic E-state index is 0.0684. The van der Waals surface area contributed by atoms with Crippen LogP contribution in [0.3, 0.4) is 0 Å². The summed E-state index contributed by atoms with van der Waals surface area (Å²) in [6, 6.07) is 13.4. The van der Waals surface area contributed by atoms with Gasteiger partial charge in [-0.15, -0.1) is 0 Å². The Morgan fingerprint density at radius 3 is 2.35 bits per heavy atom. The number of nitrogens with one attached hydrogen (secondary N) is 1. The van der Waals surface area contributed by atoms with Crippen LogP contribution in [-0.2, 0) is 0 Å². The van der Waals surface area contributed by atoms with Gasteiger partial charge in [-0.1, -0.05) is 17.7 Å².